The Balaban J connectivity index is 2.80. The summed E-state index contributed by atoms with van der Waals surface area (Å²) in [5.74, 6) is -0.697. The standard InChI is InChI=1S/C16H20N6O5S/c1-10-9-13(27-4)19-16(18-10)22(28(25,26)20-15(17)24)12-8-6-5-7-11(12)14(23)21(2)3/h5-9H,1-4H3,(H3,17,20,24). The molecule has 1 aromatic heterocycles. The van der Waals surface area contributed by atoms with Gasteiger partial charge in [0, 0.05) is 25.9 Å². The van der Waals surface area contributed by atoms with E-state index in [0.717, 1.165) is 0 Å². The van der Waals surface area contributed by atoms with Gasteiger partial charge >= 0.3 is 16.2 Å². The second-order valence-corrected chi connectivity index (χ2v) is 7.32. The zero-order valence-electron chi connectivity index (χ0n) is 15.7. The van der Waals surface area contributed by atoms with Crippen LogP contribution in [0.5, 0.6) is 5.88 Å². The fourth-order valence-electron chi connectivity index (χ4n) is 2.31. The van der Waals surface area contributed by atoms with Crippen molar-refractivity contribution in [1.29, 1.82) is 0 Å². The summed E-state index contributed by atoms with van der Waals surface area (Å²) >= 11 is 0. The number of carbonyl (C=O) groups excluding carboxylic acids is 2. The first-order valence-electron chi connectivity index (χ1n) is 7.89. The summed E-state index contributed by atoms with van der Waals surface area (Å²) in [5, 5.41) is 0. The van der Waals surface area contributed by atoms with Crippen LogP contribution in [0, 0.1) is 6.92 Å². The van der Waals surface area contributed by atoms with E-state index in [4.69, 9.17) is 10.5 Å². The van der Waals surface area contributed by atoms with Crippen molar-refractivity contribution < 1.29 is 22.7 Å². The lowest BCUT2D eigenvalue weighted by molar-refractivity contribution is 0.0828. The summed E-state index contributed by atoms with van der Waals surface area (Å²) < 4.78 is 33.1. The molecule has 0 aliphatic heterocycles. The predicted molar refractivity (Wildman–Crippen MR) is 102 cm³/mol. The van der Waals surface area contributed by atoms with E-state index in [0.29, 0.717) is 10.00 Å². The Bertz CT molecular complexity index is 1010. The molecule has 0 unspecified atom stereocenters. The van der Waals surface area contributed by atoms with Crippen molar-refractivity contribution in [3.63, 3.8) is 0 Å². The van der Waals surface area contributed by atoms with Gasteiger partial charge in [-0.15, -0.1) is 0 Å². The minimum Gasteiger partial charge on any atom is -0.481 e. The fraction of sp³-hybridized carbons (Fsp3) is 0.250. The molecule has 2 aromatic rings. The number of primary amides is 1. The first-order valence-corrected chi connectivity index (χ1v) is 9.33. The van der Waals surface area contributed by atoms with Crippen molar-refractivity contribution in [2.24, 2.45) is 5.73 Å². The van der Waals surface area contributed by atoms with E-state index in [9.17, 15) is 18.0 Å². The molecular formula is C16H20N6O5S. The van der Waals surface area contributed by atoms with Crippen LogP contribution in [-0.2, 0) is 10.2 Å². The van der Waals surface area contributed by atoms with E-state index in [1.165, 1.54) is 50.4 Å². The first kappa shape index (κ1) is 20.9. The predicted octanol–water partition coefficient (Wildman–Crippen LogP) is 0.547. The Kier molecular flexibility index (Phi) is 6.03. The number of urea groups is 1. The molecule has 12 heteroatoms. The molecule has 0 saturated heterocycles. The second kappa shape index (κ2) is 8.08. The lowest BCUT2D eigenvalue weighted by Crippen LogP contribution is -2.45. The van der Waals surface area contributed by atoms with Crippen molar-refractivity contribution in [3.8, 4) is 5.88 Å². The molecule has 0 spiro atoms. The van der Waals surface area contributed by atoms with Crippen LogP contribution in [0.1, 0.15) is 16.1 Å². The van der Waals surface area contributed by atoms with Gasteiger partial charge in [0.1, 0.15) is 0 Å². The van der Waals surface area contributed by atoms with Crippen molar-refractivity contribution in [2.45, 2.75) is 6.92 Å². The number of ether oxygens (including phenoxy) is 1. The van der Waals surface area contributed by atoms with Crippen LogP contribution in [-0.4, -0.2) is 56.4 Å². The number of anilines is 2. The summed E-state index contributed by atoms with van der Waals surface area (Å²) in [7, 11) is -0.198. The number of amides is 3. The minimum atomic E-state index is -4.59. The molecule has 11 nitrogen and oxygen atoms in total. The van der Waals surface area contributed by atoms with Crippen LogP contribution in [0.15, 0.2) is 30.3 Å². The summed E-state index contributed by atoms with van der Waals surface area (Å²) in [6.45, 7) is 1.61. The zero-order chi connectivity index (χ0) is 21.1. The Hall–Kier alpha value is -3.41. The van der Waals surface area contributed by atoms with Crippen molar-refractivity contribution in [1.82, 2.24) is 19.6 Å². The van der Waals surface area contributed by atoms with E-state index in [-0.39, 0.29) is 23.1 Å². The highest BCUT2D eigenvalue weighted by Crippen LogP contribution is 2.30. The first-order chi connectivity index (χ1) is 13.1. The number of rotatable bonds is 6. The molecule has 0 radical (unpaired) electrons. The fourth-order valence-corrected chi connectivity index (χ4v) is 3.37. The summed E-state index contributed by atoms with van der Waals surface area (Å²) in [6.07, 6.45) is 0. The minimum absolute atomic E-state index is 0.0476. The normalized spacial score (nSPS) is 10.9. The average molecular weight is 408 g/mol. The van der Waals surface area contributed by atoms with E-state index in [1.807, 2.05) is 0 Å². The third-order valence-corrected chi connectivity index (χ3v) is 4.74. The number of para-hydroxylation sites is 1. The van der Waals surface area contributed by atoms with Gasteiger partial charge < -0.3 is 15.4 Å². The maximum atomic E-state index is 12.9. The van der Waals surface area contributed by atoms with Gasteiger partial charge in [-0.05, 0) is 19.1 Å². The van der Waals surface area contributed by atoms with Crippen LogP contribution in [0.4, 0.5) is 16.4 Å². The van der Waals surface area contributed by atoms with Crippen LogP contribution in [0.2, 0.25) is 0 Å². The van der Waals surface area contributed by atoms with E-state index in [1.54, 1.807) is 17.7 Å². The average Bonchev–Trinajstić information content (AvgIpc) is 2.59. The Morgan fingerprint density at radius 1 is 1.18 bits per heavy atom. The Morgan fingerprint density at radius 3 is 2.39 bits per heavy atom. The van der Waals surface area contributed by atoms with Gasteiger partial charge in [-0.2, -0.15) is 17.7 Å². The molecular weight excluding hydrogens is 388 g/mol. The number of benzene rings is 1. The Labute approximate surface area is 162 Å². The molecule has 1 heterocycles. The topological polar surface area (TPSA) is 148 Å². The maximum Gasteiger partial charge on any atom is 0.334 e. The van der Waals surface area contributed by atoms with Crippen LogP contribution in [0.3, 0.4) is 0 Å². The largest absolute Gasteiger partial charge is 0.481 e. The maximum absolute atomic E-state index is 12.9. The van der Waals surface area contributed by atoms with Gasteiger partial charge in [0.25, 0.3) is 5.91 Å². The molecule has 0 aliphatic rings. The SMILES string of the molecule is COc1cc(C)nc(N(c2ccccc2C(=O)N(C)C)S(=O)(=O)NC(N)=O)n1. The summed E-state index contributed by atoms with van der Waals surface area (Å²) in [4.78, 5) is 33.3. The molecule has 2 rings (SSSR count). The molecule has 0 fully saturated rings. The molecule has 3 N–H and O–H groups in total. The monoisotopic (exact) mass is 408 g/mol. The summed E-state index contributed by atoms with van der Waals surface area (Å²) in [6, 6.07) is 6.12. The lowest BCUT2D eigenvalue weighted by atomic mass is 10.1. The number of nitrogens with zero attached hydrogens (tertiary/aromatic N) is 4. The number of aromatic nitrogens is 2. The van der Waals surface area contributed by atoms with Crippen LogP contribution in [0.25, 0.3) is 0 Å². The molecule has 150 valence electrons. The Morgan fingerprint density at radius 2 is 1.82 bits per heavy atom. The van der Waals surface area contributed by atoms with Gasteiger partial charge in [-0.1, -0.05) is 12.1 Å². The molecule has 0 bridgehead atoms. The van der Waals surface area contributed by atoms with Gasteiger partial charge in [-0.25, -0.2) is 14.5 Å². The zero-order valence-corrected chi connectivity index (χ0v) is 16.5. The molecule has 3 amide bonds. The van der Waals surface area contributed by atoms with Gasteiger partial charge in [0.2, 0.25) is 11.8 Å². The third-order valence-electron chi connectivity index (χ3n) is 3.44. The highest BCUT2D eigenvalue weighted by atomic mass is 32.2. The number of aryl methyl sites for hydroxylation is 1. The number of hydrogen-bond donors (Lipinski definition) is 2. The molecule has 1 aromatic carbocycles. The number of methoxy groups -OCH3 is 1. The second-order valence-electron chi connectivity index (χ2n) is 5.80. The van der Waals surface area contributed by atoms with Gasteiger partial charge in [0.05, 0.1) is 18.4 Å². The molecule has 0 atom stereocenters. The quantitative estimate of drug-likeness (QED) is 0.709. The van der Waals surface area contributed by atoms with Crippen LogP contribution >= 0.6 is 0 Å². The smallest absolute Gasteiger partial charge is 0.334 e. The molecule has 28 heavy (non-hydrogen) atoms. The van der Waals surface area contributed by atoms with Crippen molar-refractivity contribution in [3.05, 3.63) is 41.6 Å². The highest BCUT2D eigenvalue weighted by Gasteiger charge is 2.32. The number of hydrogen-bond acceptors (Lipinski definition) is 7. The van der Waals surface area contributed by atoms with Crippen molar-refractivity contribution >= 4 is 33.8 Å². The van der Waals surface area contributed by atoms with E-state index < -0.39 is 22.1 Å². The van der Waals surface area contributed by atoms with Gasteiger partial charge in [0.15, 0.2) is 0 Å². The third kappa shape index (κ3) is 4.46. The lowest BCUT2D eigenvalue weighted by Gasteiger charge is -2.25. The molecule has 0 saturated carbocycles. The molecule has 0 aliphatic carbocycles. The summed E-state index contributed by atoms with van der Waals surface area (Å²) in [5.41, 5.74) is 5.39. The van der Waals surface area contributed by atoms with Crippen molar-refractivity contribution in [2.75, 3.05) is 25.5 Å². The number of nitrogens with two attached hydrogens (primary N) is 1. The number of nitrogens with one attached hydrogen (secondary N) is 1. The highest BCUT2D eigenvalue weighted by molar-refractivity contribution is 7.91. The van der Waals surface area contributed by atoms with Crippen LogP contribution < -0.4 is 19.5 Å². The number of carbonyl (C=O) groups is 2. The van der Waals surface area contributed by atoms with E-state index in [2.05, 4.69) is 9.97 Å². The van der Waals surface area contributed by atoms with E-state index >= 15 is 0 Å². The van der Waals surface area contributed by atoms with Gasteiger partial charge in [-0.3, -0.25) is 4.79 Å².